The molecule has 0 aromatic heterocycles. The van der Waals surface area contributed by atoms with E-state index < -0.39 is 0 Å². The average molecular weight is 327 g/mol. The second-order valence-corrected chi connectivity index (χ2v) is 5.30. The molecule has 2 rings (SSSR count). The molecule has 0 saturated heterocycles. The van der Waals surface area contributed by atoms with Crippen molar-refractivity contribution in [2.24, 2.45) is 4.99 Å². The summed E-state index contributed by atoms with van der Waals surface area (Å²) in [5.41, 5.74) is 2.96. The van der Waals surface area contributed by atoms with E-state index in [9.17, 15) is 5.11 Å². The second-order valence-electron chi connectivity index (χ2n) is 5.30. The molecule has 0 aliphatic rings. The molecule has 24 heavy (non-hydrogen) atoms. The van der Waals surface area contributed by atoms with Gasteiger partial charge in [0.05, 0.1) is 12.6 Å². The first-order chi connectivity index (χ1) is 11.8. The molecule has 4 heteroatoms. The Morgan fingerprint density at radius 1 is 0.917 bits per heavy atom. The summed E-state index contributed by atoms with van der Waals surface area (Å²) in [6, 6.07) is 17.5. The Balaban J connectivity index is 2.07. The predicted molar refractivity (Wildman–Crippen MR) is 96.3 cm³/mol. The number of benzene rings is 2. The normalized spacial score (nSPS) is 12.8. The molecule has 0 heterocycles. The highest BCUT2D eigenvalue weighted by Crippen LogP contribution is 2.20. The molecule has 128 valence electrons. The van der Waals surface area contributed by atoms with Crippen LogP contribution < -0.4 is 0 Å². The molecular formula is C20H25NO3. The molecular weight excluding hydrogens is 302 g/mol. The number of aliphatic hydroxyl groups excluding tert-OH is 1. The van der Waals surface area contributed by atoms with Crippen LogP contribution in [0.1, 0.15) is 42.9 Å². The molecule has 0 saturated carbocycles. The largest absolute Gasteiger partial charge is 0.394 e. The maximum Gasteiger partial charge on any atom is 0.183 e. The van der Waals surface area contributed by atoms with Gasteiger partial charge in [0, 0.05) is 25.0 Å². The van der Waals surface area contributed by atoms with Crippen LogP contribution in [-0.4, -0.2) is 31.1 Å². The summed E-state index contributed by atoms with van der Waals surface area (Å²) in [6.07, 6.45) is 1.45. The minimum absolute atomic E-state index is 0.0185. The molecule has 0 unspecified atom stereocenters. The van der Waals surface area contributed by atoms with Gasteiger partial charge in [-0.05, 0) is 25.0 Å². The first-order valence-electron chi connectivity index (χ1n) is 8.30. The third-order valence-electron chi connectivity index (χ3n) is 3.61. The standard InChI is InChI=1S/C20H25NO3/c1-3-23-20(24-4-2)18-12-10-16(11-13-18)14-21-19(15-22)17-8-6-5-7-9-17/h5-14,19-20,22H,3-4,15H2,1-2H3/t19-/m1/s1. The Hall–Kier alpha value is -2.01. The molecule has 0 spiro atoms. The second kappa shape index (κ2) is 9.98. The fourth-order valence-electron chi connectivity index (χ4n) is 2.37. The van der Waals surface area contributed by atoms with Crippen molar-refractivity contribution in [3.05, 3.63) is 71.3 Å². The lowest BCUT2D eigenvalue weighted by Gasteiger charge is -2.17. The summed E-state index contributed by atoms with van der Waals surface area (Å²) in [7, 11) is 0. The monoisotopic (exact) mass is 327 g/mol. The average Bonchev–Trinajstić information content (AvgIpc) is 2.63. The highest BCUT2D eigenvalue weighted by Gasteiger charge is 2.11. The lowest BCUT2D eigenvalue weighted by molar-refractivity contribution is -0.140. The first kappa shape index (κ1) is 18.3. The van der Waals surface area contributed by atoms with Crippen LogP contribution in [0.5, 0.6) is 0 Å². The molecule has 0 fully saturated rings. The van der Waals surface area contributed by atoms with Crippen molar-refractivity contribution in [3.63, 3.8) is 0 Å². The summed E-state index contributed by atoms with van der Waals surface area (Å²) in [6.45, 7) is 5.08. The van der Waals surface area contributed by atoms with Gasteiger partial charge in [0.2, 0.25) is 0 Å². The Morgan fingerprint density at radius 2 is 1.54 bits per heavy atom. The zero-order valence-corrected chi connectivity index (χ0v) is 14.3. The topological polar surface area (TPSA) is 51.0 Å². The zero-order chi connectivity index (χ0) is 17.2. The maximum absolute atomic E-state index is 9.55. The minimum atomic E-state index is -0.333. The van der Waals surface area contributed by atoms with E-state index in [-0.39, 0.29) is 18.9 Å². The summed E-state index contributed by atoms with van der Waals surface area (Å²) in [5.74, 6) is 0. The van der Waals surface area contributed by atoms with Crippen LogP contribution in [0.3, 0.4) is 0 Å². The predicted octanol–water partition coefficient (Wildman–Crippen LogP) is 3.91. The molecule has 0 aliphatic heterocycles. The van der Waals surface area contributed by atoms with Gasteiger partial charge in [-0.2, -0.15) is 0 Å². The fraction of sp³-hybridized carbons (Fsp3) is 0.350. The molecule has 2 aromatic rings. The molecule has 4 nitrogen and oxygen atoms in total. The van der Waals surface area contributed by atoms with Crippen molar-refractivity contribution in [1.29, 1.82) is 0 Å². The highest BCUT2D eigenvalue weighted by molar-refractivity contribution is 5.79. The van der Waals surface area contributed by atoms with Crippen LogP contribution >= 0.6 is 0 Å². The molecule has 1 atom stereocenters. The van der Waals surface area contributed by atoms with E-state index in [1.54, 1.807) is 6.21 Å². The molecule has 0 bridgehead atoms. The molecule has 0 radical (unpaired) electrons. The van der Waals surface area contributed by atoms with E-state index in [1.807, 2.05) is 68.4 Å². The van der Waals surface area contributed by atoms with Crippen molar-refractivity contribution in [2.75, 3.05) is 19.8 Å². The number of rotatable bonds is 9. The van der Waals surface area contributed by atoms with Gasteiger partial charge < -0.3 is 14.6 Å². The van der Waals surface area contributed by atoms with Gasteiger partial charge in [-0.15, -0.1) is 0 Å². The van der Waals surface area contributed by atoms with E-state index in [0.29, 0.717) is 13.2 Å². The number of hydrogen-bond donors (Lipinski definition) is 1. The molecule has 0 amide bonds. The van der Waals surface area contributed by atoms with Gasteiger partial charge >= 0.3 is 0 Å². The van der Waals surface area contributed by atoms with E-state index in [0.717, 1.165) is 16.7 Å². The summed E-state index contributed by atoms with van der Waals surface area (Å²) in [4.78, 5) is 4.49. The smallest absolute Gasteiger partial charge is 0.183 e. The van der Waals surface area contributed by atoms with Crippen LogP contribution in [0.25, 0.3) is 0 Å². The molecule has 0 aliphatic carbocycles. The maximum atomic E-state index is 9.55. The zero-order valence-electron chi connectivity index (χ0n) is 14.3. The summed E-state index contributed by atoms with van der Waals surface area (Å²) < 4.78 is 11.2. The van der Waals surface area contributed by atoms with Gasteiger partial charge in [-0.1, -0.05) is 54.6 Å². The number of aliphatic hydroxyl groups is 1. The minimum Gasteiger partial charge on any atom is -0.394 e. The quantitative estimate of drug-likeness (QED) is 0.561. The van der Waals surface area contributed by atoms with Gasteiger partial charge in [0.15, 0.2) is 6.29 Å². The van der Waals surface area contributed by atoms with Gasteiger partial charge in [-0.25, -0.2) is 0 Å². The van der Waals surface area contributed by atoms with Gasteiger partial charge in [0.1, 0.15) is 0 Å². The Bertz CT molecular complexity index is 605. The van der Waals surface area contributed by atoms with Crippen LogP contribution in [0.2, 0.25) is 0 Å². The van der Waals surface area contributed by atoms with Crippen molar-refractivity contribution in [1.82, 2.24) is 0 Å². The SMILES string of the molecule is CCOC(OCC)c1ccc(C=N[C@H](CO)c2ccccc2)cc1. The highest BCUT2D eigenvalue weighted by atomic mass is 16.7. The number of aliphatic imine (C=N–C) groups is 1. The van der Waals surface area contributed by atoms with Crippen LogP contribution in [0.15, 0.2) is 59.6 Å². The van der Waals surface area contributed by atoms with Crippen LogP contribution in [0.4, 0.5) is 0 Å². The lowest BCUT2D eigenvalue weighted by atomic mass is 10.1. The van der Waals surface area contributed by atoms with E-state index in [1.165, 1.54) is 0 Å². The lowest BCUT2D eigenvalue weighted by Crippen LogP contribution is -2.08. The van der Waals surface area contributed by atoms with Crippen LogP contribution in [0, 0.1) is 0 Å². The van der Waals surface area contributed by atoms with Crippen molar-refractivity contribution >= 4 is 6.21 Å². The number of hydrogen-bond acceptors (Lipinski definition) is 4. The van der Waals surface area contributed by atoms with Crippen molar-refractivity contribution in [3.8, 4) is 0 Å². The summed E-state index contributed by atoms with van der Waals surface area (Å²) >= 11 is 0. The third kappa shape index (κ3) is 5.27. The van der Waals surface area contributed by atoms with Crippen LogP contribution in [-0.2, 0) is 9.47 Å². The Morgan fingerprint density at radius 3 is 2.08 bits per heavy atom. The van der Waals surface area contributed by atoms with Gasteiger partial charge in [0.25, 0.3) is 0 Å². The fourth-order valence-corrected chi connectivity index (χ4v) is 2.37. The van der Waals surface area contributed by atoms with Gasteiger partial charge in [-0.3, -0.25) is 4.99 Å². The van der Waals surface area contributed by atoms with Crippen molar-refractivity contribution in [2.45, 2.75) is 26.2 Å². The molecule has 2 aromatic carbocycles. The number of nitrogens with zero attached hydrogens (tertiary/aromatic N) is 1. The number of ether oxygens (including phenoxy) is 2. The summed E-state index contributed by atoms with van der Waals surface area (Å²) in [5, 5.41) is 9.55. The Labute approximate surface area is 143 Å². The van der Waals surface area contributed by atoms with E-state index >= 15 is 0 Å². The first-order valence-corrected chi connectivity index (χ1v) is 8.30. The van der Waals surface area contributed by atoms with E-state index in [2.05, 4.69) is 4.99 Å². The third-order valence-corrected chi connectivity index (χ3v) is 3.61. The van der Waals surface area contributed by atoms with Crippen molar-refractivity contribution < 1.29 is 14.6 Å². The molecule has 1 N–H and O–H groups in total. The van der Waals surface area contributed by atoms with E-state index in [4.69, 9.17) is 9.47 Å². The Kier molecular flexibility index (Phi) is 7.62.